The molecule has 7 nitrogen and oxygen atoms in total. The molecule has 1 aliphatic heterocycles. The van der Waals surface area contributed by atoms with Crippen molar-refractivity contribution in [2.45, 2.75) is 25.8 Å². The van der Waals surface area contributed by atoms with Crippen molar-refractivity contribution >= 4 is 17.4 Å². The van der Waals surface area contributed by atoms with Crippen LogP contribution in [-0.4, -0.2) is 35.2 Å². The minimum atomic E-state index is -0.671. The van der Waals surface area contributed by atoms with Crippen LogP contribution >= 0.6 is 0 Å². The van der Waals surface area contributed by atoms with Crippen molar-refractivity contribution < 1.29 is 18.7 Å². The molecule has 0 N–H and O–H groups in total. The van der Waals surface area contributed by atoms with E-state index >= 15 is 0 Å². The lowest BCUT2D eigenvalue weighted by atomic mass is 9.83. The predicted octanol–water partition coefficient (Wildman–Crippen LogP) is 3.56. The normalized spacial score (nSPS) is 16.0. The molecule has 0 fully saturated rings. The van der Waals surface area contributed by atoms with Crippen molar-refractivity contribution in [3.63, 3.8) is 0 Å². The summed E-state index contributed by atoms with van der Waals surface area (Å²) in [6, 6.07) is 13.1. The predicted molar refractivity (Wildman–Crippen MR) is 111 cm³/mol. The SMILES string of the molecule is CN1/C(=C/C(=O)COC(=O)c2ccc(Cn3cccn3)o2)C(C)(C)c2ccccc21. The number of likely N-dealkylation sites (N-methyl/N-ethyl adjacent to an activating group) is 1. The second-order valence-corrected chi connectivity index (χ2v) is 7.74. The lowest BCUT2D eigenvalue weighted by molar-refractivity contribution is -0.117. The quantitative estimate of drug-likeness (QED) is 0.461. The summed E-state index contributed by atoms with van der Waals surface area (Å²) in [6.07, 6.45) is 5.02. The van der Waals surface area contributed by atoms with Gasteiger partial charge in [-0.05, 0) is 29.8 Å². The second-order valence-electron chi connectivity index (χ2n) is 7.74. The van der Waals surface area contributed by atoms with E-state index in [9.17, 15) is 9.59 Å². The molecule has 1 aromatic carbocycles. The molecular weight excluding hydrogens is 382 g/mol. The molecule has 0 bridgehead atoms. The molecule has 2 aromatic heterocycles. The average Bonchev–Trinajstić information content (AvgIpc) is 3.45. The molecule has 0 spiro atoms. The number of hydrogen-bond acceptors (Lipinski definition) is 6. The number of fused-ring (bicyclic) bond motifs is 1. The highest BCUT2D eigenvalue weighted by atomic mass is 16.5. The molecule has 1 aliphatic rings. The van der Waals surface area contributed by atoms with Crippen molar-refractivity contribution in [3.05, 3.63) is 83.7 Å². The van der Waals surface area contributed by atoms with Gasteiger partial charge in [0.1, 0.15) is 5.76 Å². The Balaban J connectivity index is 1.39. The number of allylic oxidation sites excluding steroid dienone is 1. The second kappa shape index (κ2) is 7.67. The van der Waals surface area contributed by atoms with E-state index in [0.717, 1.165) is 16.9 Å². The van der Waals surface area contributed by atoms with Crippen LogP contribution in [0.5, 0.6) is 0 Å². The Hall–Kier alpha value is -3.61. The summed E-state index contributed by atoms with van der Waals surface area (Å²) in [4.78, 5) is 26.8. The van der Waals surface area contributed by atoms with Gasteiger partial charge in [0.15, 0.2) is 12.4 Å². The molecular formula is C23H23N3O4. The van der Waals surface area contributed by atoms with Crippen LogP contribution in [-0.2, 0) is 21.5 Å². The zero-order valence-electron chi connectivity index (χ0n) is 17.2. The molecule has 7 heteroatoms. The van der Waals surface area contributed by atoms with E-state index in [1.54, 1.807) is 35.3 Å². The van der Waals surface area contributed by atoms with E-state index in [-0.39, 0.29) is 23.6 Å². The Kier molecular flexibility index (Phi) is 5.03. The number of anilines is 1. The van der Waals surface area contributed by atoms with E-state index in [0.29, 0.717) is 12.3 Å². The highest BCUT2D eigenvalue weighted by molar-refractivity contribution is 5.95. The summed E-state index contributed by atoms with van der Waals surface area (Å²) in [7, 11) is 1.93. The van der Waals surface area contributed by atoms with E-state index < -0.39 is 5.97 Å². The number of nitrogens with zero attached hydrogens (tertiary/aromatic N) is 3. The van der Waals surface area contributed by atoms with Crippen molar-refractivity contribution in [2.75, 3.05) is 18.6 Å². The van der Waals surface area contributed by atoms with E-state index in [1.807, 2.05) is 30.1 Å². The van der Waals surface area contributed by atoms with Gasteiger partial charge in [-0.15, -0.1) is 0 Å². The van der Waals surface area contributed by atoms with Crippen LogP contribution in [0.3, 0.4) is 0 Å². The molecule has 3 aromatic rings. The van der Waals surface area contributed by atoms with Gasteiger partial charge in [-0.2, -0.15) is 5.10 Å². The smallest absolute Gasteiger partial charge is 0.374 e. The summed E-state index contributed by atoms with van der Waals surface area (Å²) in [5.74, 6) is -0.320. The summed E-state index contributed by atoms with van der Waals surface area (Å²) in [5, 5.41) is 4.09. The number of ketones is 1. The van der Waals surface area contributed by atoms with Crippen LogP contribution in [0.15, 0.2) is 71.0 Å². The Morgan fingerprint density at radius 1 is 1.17 bits per heavy atom. The van der Waals surface area contributed by atoms with Gasteiger partial charge >= 0.3 is 5.97 Å². The Labute approximate surface area is 174 Å². The molecule has 154 valence electrons. The van der Waals surface area contributed by atoms with Gasteiger partial charge in [0.05, 0.1) is 6.54 Å². The Morgan fingerprint density at radius 2 is 1.97 bits per heavy atom. The van der Waals surface area contributed by atoms with E-state index in [1.165, 1.54) is 6.07 Å². The van der Waals surface area contributed by atoms with Crippen molar-refractivity contribution in [1.82, 2.24) is 9.78 Å². The first-order valence-electron chi connectivity index (χ1n) is 9.68. The Morgan fingerprint density at radius 3 is 2.70 bits per heavy atom. The third-order valence-electron chi connectivity index (χ3n) is 5.32. The van der Waals surface area contributed by atoms with Gasteiger partial charge in [-0.25, -0.2) is 4.79 Å². The van der Waals surface area contributed by atoms with Crippen LogP contribution in [0.25, 0.3) is 0 Å². The number of rotatable bonds is 6. The van der Waals surface area contributed by atoms with Gasteiger partial charge in [0.2, 0.25) is 5.76 Å². The maximum Gasteiger partial charge on any atom is 0.374 e. The summed E-state index contributed by atoms with van der Waals surface area (Å²) < 4.78 is 12.4. The number of benzene rings is 1. The van der Waals surface area contributed by atoms with E-state index in [4.69, 9.17) is 9.15 Å². The minimum Gasteiger partial charge on any atom is -0.452 e. The van der Waals surface area contributed by atoms with E-state index in [2.05, 4.69) is 25.0 Å². The van der Waals surface area contributed by atoms with Crippen LogP contribution in [0.4, 0.5) is 5.69 Å². The standard InChI is InChI=1S/C23H23N3O4/c1-23(2)18-7-4-5-8-19(18)25(3)21(23)13-16(27)15-29-22(28)20-10-9-17(30-20)14-26-12-6-11-24-26/h4-13H,14-15H2,1-3H3/b21-13+. The molecule has 30 heavy (non-hydrogen) atoms. The maximum absolute atomic E-state index is 12.5. The average molecular weight is 405 g/mol. The fraction of sp³-hybridized carbons (Fsp3) is 0.261. The summed E-state index contributed by atoms with van der Waals surface area (Å²) >= 11 is 0. The van der Waals surface area contributed by atoms with Crippen LogP contribution < -0.4 is 4.90 Å². The first kappa shape index (κ1) is 19.7. The molecule has 0 radical (unpaired) electrons. The third kappa shape index (κ3) is 3.66. The maximum atomic E-state index is 12.5. The fourth-order valence-corrected chi connectivity index (χ4v) is 3.79. The number of carbonyl (C=O) groups is 2. The number of ether oxygens (including phenoxy) is 1. The lowest BCUT2D eigenvalue weighted by Gasteiger charge is -2.23. The lowest BCUT2D eigenvalue weighted by Crippen LogP contribution is -2.25. The minimum absolute atomic E-state index is 0.0586. The molecule has 4 rings (SSSR count). The molecule has 3 heterocycles. The topological polar surface area (TPSA) is 77.6 Å². The Bertz CT molecular complexity index is 1110. The van der Waals surface area contributed by atoms with Gasteiger partial charge < -0.3 is 14.1 Å². The van der Waals surface area contributed by atoms with Gasteiger partial charge in [0.25, 0.3) is 0 Å². The number of aromatic nitrogens is 2. The number of furan rings is 1. The zero-order valence-corrected chi connectivity index (χ0v) is 17.2. The molecule has 0 saturated heterocycles. The van der Waals surface area contributed by atoms with Gasteiger partial charge in [-0.3, -0.25) is 9.48 Å². The number of carbonyl (C=O) groups excluding carboxylic acids is 2. The highest BCUT2D eigenvalue weighted by Gasteiger charge is 2.38. The number of para-hydroxylation sites is 1. The van der Waals surface area contributed by atoms with Crippen LogP contribution in [0.2, 0.25) is 0 Å². The number of hydrogen-bond donors (Lipinski definition) is 0. The molecule has 0 atom stereocenters. The molecule has 0 saturated carbocycles. The summed E-state index contributed by atoms with van der Waals surface area (Å²) in [6.45, 7) is 4.21. The fourth-order valence-electron chi connectivity index (χ4n) is 3.79. The molecule has 0 unspecified atom stereocenters. The van der Waals surface area contributed by atoms with Gasteiger partial charge in [0, 0.05) is 42.3 Å². The first-order valence-corrected chi connectivity index (χ1v) is 9.68. The molecule has 0 aliphatic carbocycles. The van der Waals surface area contributed by atoms with Crippen LogP contribution in [0.1, 0.15) is 35.7 Å². The van der Waals surface area contributed by atoms with Crippen molar-refractivity contribution in [1.29, 1.82) is 0 Å². The van der Waals surface area contributed by atoms with Crippen LogP contribution in [0, 0.1) is 0 Å². The monoisotopic (exact) mass is 405 g/mol. The first-order chi connectivity index (χ1) is 14.4. The van der Waals surface area contributed by atoms with Gasteiger partial charge in [-0.1, -0.05) is 32.0 Å². The summed E-state index contributed by atoms with van der Waals surface area (Å²) in [5.41, 5.74) is 2.78. The zero-order chi connectivity index (χ0) is 21.3. The van der Waals surface area contributed by atoms with Crippen molar-refractivity contribution in [3.8, 4) is 0 Å². The van der Waals surface area contributed by atoms with Crippen molar-refractivity contribution in [2.24, 2.45) is 0 Å². The number of esters is 1. The largest absolute Gasteiger partial charge is 0.452 e. The highest BCUT2D eigenvalue weighted by Crippen LogP contribution is 2.46. The molecule has 0 amide bonds. The third-order valence-corrected chi connectivity index (χ3v) is 5.32.